The molecular weight excluding hydrogens is 442 g/mol. The average Bonchev–Trinajstić information content (AvgIpc) is 3.51. The standard InChI is InChI=1S/C26H25N7O2/c1-15(9-23(34)21-10-17(29-14-30-21)16-5-7-27-8-6-16)24-12-20(33-35-24)18-11-19-22(31-18)13-28-25(32-19)26(2,3)4/h5-8,10,12-15H,9,11H2,1-4H3/t15-/m0/s1. The van der Waals surface area contributed by atoms with Crippen LogP contribution in [0.1, 0.15) is 73.5 Å². The van der Waals surface area contributed by atoms with Crippen molar-refractivity contribution in [3.8, 4) is 11.3 Å². The van der Waals surface area contributed by atoms with Gasteiger partial charge in [-0.2, -0.15) is 0 Å². The van der Waals surface area contributed by atoms with Gasteiger partial charge in [0.1, 0.15) is 35.0 Å². The van der Waals surface area contributed by atoms with Crippen LogP contribution in [0.2, 0.25) is 0 Å². The highest BCUT2D eigenvalue weighted by Crippen LogP contribution is 2.30. The third-order valence-corrected chi connectivity index (χ3v) is 5.84. The number of pyridine rings is 1. The Hall–Kier alpha value is -4.14. The second-order valence-electron chi connectivity index (χ2n) is 9.68. The van der Waals surface area contributed by atoms with Crippen molar-refractivity contribution in [3.05, 3.63) is 77.8 Å². The van der Waals surface area contributed by atoms with Gasteiger partial charge in [-0.05, 0) is 18.2 Å². The molecule has 1 atom stereocenters. The molecule has 0 amide bonds. The number of aromatic nitrogens is 6. The SMILES string of the molecule is C[C@@H](CC(=O)c1cc(-c2ccncc2)ncn1)c1cc(C2=Nc3cnc(C(C)(C)C)nc3C2)no1. The summed E-state index contributed by atoms with van der Waals surface area (Å²) in [5.74, 6) is 1.14. The summed E-state index contributed by atoms with van der Waals surface area (Å²) in [7, 11) is 0. The summed E-state index contributed by atoms with van der Waals surface area (Å²) in [6.07, 6.45) is 7.34. The number of carbonyl (C=O) groups excluding carboxylic acids is 1. The van der Waals surface area contributed by atoms with Gasteiger partial charge in [-0.25, -0.2) is 24.9 Å². The van der Waals surface area contributed by atoms with Crippen LogP contribution in [-0.4, -0.2) is 41.6 Å². The van der Waals surface area contributed by atoms with Crippen LogP contribution in [0.15, 0.2) is 58.7 Å². The maximum absolute atomic E-state index is 12.9. The van der Waals surface area contributed by atoms with E-state index in [2.05, 4.69) is 50.9 Å². The molecule has 0 aliphatic carbocycles. The number of aliphatic imine (C=N–C) groups is 1. The first-order chi connectivity index (χ1) is 16.8. The van der Waals surface area contributed by atoms with Crippen LogP contribution >= 0.6 is 0 Å². The summed E-state index contributed by atoms with van der Waals surface area (Å²) in [6, 6.07) is 7.24. The van der Waals surface area contributed by atoms with Crippen LogP contribution in [0.25, 0.3) is 11.3 Å². The molecule has 0 bridgehead atoms. The van der Waals surface area contributed by atoms with E-state index in [1.54, 1.807) is 24.7 Å². The fourth-order valence-corrected chi connectivity index (χ4v) is 3.82. The lowest BCUT2D eigenvalue weighted by molar-refractivity contribution is 0.0966. The summed E-state index contributed by atoms with van der Waals surface area (Å²) < 4.78 is 5.59. The summed E-state index contributed by atoms with van der Waals surface area (Å²) >= 11 is 0. The Balaban J connectivity index is 1.28. The smallest absolute Gasteiger partial charge is 0.182 e. The molecule has 5 rings (SSSR count). The third-order valence-electron chi connectivity index (χ3n) is 5.84. The summed E-state index contributed by atoms with van der Waals surface area (Å²) in [5.41, 5.74) is 4.87. The fraction of sp³-hybridized carbons (Fsp3) is 0.308. The minimum Gasteiger partial charge on any atom is -0.360 e. The largest absolute Gasteiger partial charge is 0.360 e. The molecule has 1 aliphatic heterocycles. The van der Waals surface area contributed by atoms with Gasteiger partial charge in [0.2, 0.25) is 0 Å². The van der Waals surface area contributed by atoms with Crippen LogP contribution < -0.4 is 0 Å². The van der Waals surface area contributed by atoms with Crippen LogP contribution in [0.3, 0.4) is 0 Å². The zero-order valence-electron chi connectivity index (χ0n) is 20.1. The number of Topliss-reactive ketones (excluding diaryl/α,β-unsaturated/α-hetero) is 1. The number of rotatable bonds is 6. The number of fused-ring (bicyclic) bond motifs is 1. The first kappa shape index (κ1) is 22.6. The van der Waals surface area contributed by atoms with Gasteiger partial charge in [-0.15, -0.1) is 0 Å². The number of carbonyl (C=O) groups is 1. The van der Waals surface area contributed by atoms with E-state index in [1.165, 1.54) is 6.33 Å². The predicted molar refractivity (Wildman–Crippen MR) is 130 cm³/mol. The lowest BCUT2D eigenvalue weighted by Crippen LogP contribution is -2.16. The Kier molecular flexibility index (Phi) is 5.76. The normalized spacial score (nSPS) is 13.9. The lowest BCUT2D eigenvalue weighted by Gasteiger charge is -2.16. The number of nitrogens with zero attached hydrogens (tertiary/aromatic N) is 7. The summed E-state index contributed by atoms with van der Waals surface area (Å²) in [4.78, 5) is 39.2. The summed E-state index contributed by atoms with van der Waals surface area (Å²) in [5, 5.41) is 4.21. The molecular formula is C26H25N7O2. The van der Waals surface area contributed by atoms with E-state index in [1.807, 2.05) is 25.1 Å². The van der Waals surface area contributed by atoms with Crippen molar-refractivity contribution in [1.29, 1.82) is 0 Å². The second-order valence-corrected chi connectivity index (χ2v) is 9.68. The molecule has 0 spiro atoms. The molecule has 4 aromatic heterocycles. The van der Waals surface area contributed by atoms with E-state index in [0.29, 0.717) is 29.3 Å². The summed E-state index contributed by atoms with van der Waals surface area (Å²) in [6.45, 7) is 8.18. The molecule has 0 aromatic carbocycles. The van der Waals surface area contributed by atoms with Crippen molar-refractivity contribution in [3.63, 3.8) is 0 Å². The van der Waals surface area contributed by atoms with Crippen LogP contribution in [0.5, 0.6) is 0 Å². The minimum atomic E-state index is -0.181. The first-order valence-electron chi connectivity index (χ1n) is 11.4. The van der Waals surface area contributed by atoms with E-state index >= 15 is 0 Å². The Bertz CT molecular complexity index is 1420. The molecule has 9 heteroatoms. The molecule has 176 valence electrons. The molecule has 5 heterocycles. The minimum absolute atomic E-state index is 0.0937. The molecule has 0 saturated heterocycles. The van der Waals surface area contributed by atoms with Crippen molar-refractivity contribution >= 4 is 17.2 Å². The van der Waals surface area contributed by atoms with Gasteiger partial charge in [0, 0.05) is 48.2 Å². The van der Waals surface area contributed by atoms with E-state index in [0.717, 1.165) is 28.5 Å². The second kappa shape index (κ2) is 8.90. The first-order valence-corrected chi connectivity index (χ1v) is 11.4. The van der Waals surface area contributed by atoms with Crippen molar-refractivity contribution in [2.45, 2.75) is 51.9 Å². The van der Waals surface area contributed by atoms with Gasteiger partial charge in [-0.1, -0.05) is 32.9 Å². The Morgan fingerprint density at radius 2 is 1.89 bits per heavy atom. The topological polar surface area (TPSA) is 120 Å². The van der Waals surface area contributed by atoms with Crippen molar-refractivity contribution in [2.24, 2.45) is 4.99 Å². The number of hydrogen-bond donors (Lipinski definition) is 0. The highest BCUT2D eigenvalue weighted by atomic mass is 16.5. The van der Waals surface area contributed by atoms with Gasteiger partial charge in [0.05, 0.1) is 23.3 Å². The molecule has 9 nitrogen and oxygen atoms in total. The van der Waals surface area contributed by atoms with Gasteiger partial charge in [0.25, 0.3) is 0 Å². The van der Waals surface area contributed by atoms with Crippen molar-refractivity contribution in [1.82, 2.24) is 30.1 Å². The fourth-order valence-electron chi connectivity index (χ4n) is 3.82. The molecule has 0 unspecified atom stereocenters. The van der Waals surface area contributed by atoms with Gasteiger partial charge >= 0.3 is 0 Å². The van der Waals surface area contributed by atoms with E-state index in [4.69, 9.17) is 9.51 Å². The van der Waals surface area contributed by atoms with Gasteiger partial charge in [0.15, 0.2) is 5.78 Å². The lowest BCUT2D eigenvalue weighted by atomic mass is 9.95. The number of ketones is 1. The third kappa shape index (κ3) is 4.75. The Morgan fingerprint density at radius 1 is 1.09 bits per heavy atom. The zero-order valence-corrected chi connectivity index (χ0v) is 20.1. The molecule has 1 aliphatic rings. The molecule has 0 fully saturated rings. The monoisotopic (exact) mass is 467 g/mol. The van der Waals surface area contributed by atoms with Crippen LogP contribution in [0, 0.1) is 0 Å². The Morgan fingerprint density at radius 3 is 2.66 bits per heavy atom. The molecule has 0 radical (unpaired) electrons. The van der Waals surface area contributed by atoms with Crippen molar-refractivity contribution in [2.75, 3.05) is 0 Å². The highest BCUT2D eigenvalue weighted by Gasteiger charge is 2.26. The average molecular weight is 468 g/mol. The van der Waals surface area contributed by atoms with Gasteiger partial charge in [-0.3, -0.25) is 9.78 Å². The molecule has 35 heavy (non-hydrogen) atoms. The van der Waals surface area contributed by atoms with E-state index in [9.17, 15) is 4.79 Å². The number of hydrogen-bond acceptors (Lipinski definition) is 9. The molecule has 0 saturated carbocycles. The zero-order chi connectivity index (χ0) is 24.6. The van der Waals surface area contributed by atoms with Crippen LogP contribution in [0.4, 0.5) is 5.69 Å². The van der Waals surface area contributed by atoms with E-state index in [-0.39, 0.29) is 23.5 Å². The van der Waals surface area contributed by atoms with Crippen molar-refractivity contribution < 1.29 is 9.32 Å². The molecule has 0 N–H and O–H groups in total. The van der Waals surface area contributed by atoms with Gasteiger partial charge < -0.3 is 4.52 Å². The predicted octanol–water partition coefficient (Wildman–Crippen LogP) is 4.67. The molecule has 4 aromatic rings. The highest BCUT2D eigenvalue weighted by molar-refractivity contribution is 6.04. The maximum atomic E-state index is 12.9. The van der Waals surface area contributed by atoms with E-state index < -0.39 is 0 Å². The van der Waals surface area contributed by atoms with Crippen LogP contribution in [-0.2, 0) is 11.8 Å². The quantitative estimate of drug-likeness (QED) is 0.375. The maximum Gasteiger partial charge on any atom is 0.182 e. The Labute approximate surface area is 202 Å².